The second-order valence-electron chi connectivity index (χ2n) is 4.11. The van der Waals surface area contributed by atoms with E-state index >= 15 is 0 Å². The Hall–Kier alpha value is -2.01. The normalized spacial score (nSPS) is 11.4. The molecule has 0 unspecified atom stereocenters. The third kappa shape index (κ3) is 2.31. The fourth-order valence-electron chi connectivity index (χ4n) is 1.77. The van der Waals surface area contributed by atoms with Crippen molar-refractivity contribution >= 4 is 21.2 Å². The van der Waals surface area contributed by atoms with Gasteiger partial charge in [0.15, 0.2) is 9.84 Å². The van der Waals surface area contributed by atoms with E-state index in [1.54, 1.807) is 42.5 Å². The van der Waals surface area contributed by atoms with Crippen molar-refractivity contribution in [3.63, 3.8) is 0 Å². The highest BCUT2D eigenvalue weighted by Crippen LogP contribution is 2.30. The minimum absolute atomic E-state index is 0.286. The van der Waals surface area contributed by atoms with Crippen molar-refractivity contribution in [2.24, 2.45) is 0 Å². The lowest BCUT2D eigenvalue weighted by atomic mass is 10.0. The van der Waals surface area contributed by atoms with Crippen LogP contribution in [0.25, 0.3) is 11.1 Å². The van der Waals surface area contributed by atoms with Gasteiger partial charge in [0.1, 0.15) is 0 Å². The predicted octanol–water partition coefficient (Wildman–Crippen LogP) is 1.92. The van der Waals surface area contributed by atoms with Gasteiger partial charge in [-0.05, 0) is 23.8 Å². The summed E-state index contributed by atoms with van der Waals surface area (Å²) in [6.07, 6.45) is 1.19. The second-order valence-corrected chi connectivity index (χ2v) is 6.10. The average molecular weight is 262 g/mol. The van der Waals surface area contributed by atoms with Crippen LogP contribution in [0.2, 0.25) is 0 Å². The van der Waals surface area contributed by atoms with Crippen LogP contribution in [0.1, 0.15) is 0 Å². The Bertz CT molecular complexity index is 694. The van der Waals surface area contributed by atoms with E-state index in [2.05, 4.69) is 0 Å². The molecule has 0 aromatic heterocycles. The summed E-state index contributed by atoms with van der Waals surface area (Å²) in [7, 11) is -3.28. The first-order valence-electron chi connectivity index (χ1n) is 5.34. The summed E-state index contributed by atoms with van der Waals surface area (Å²) in [5.41, 5.74) is 13.7. The Morgan fingerprint density at radius 2 is 1.61 bits per heavy atom. The molecule has 2 aromatic rings. The minimum Gasteiger partial charge on any atom is -0.397 e. The summed E-state index contributed by atoms with van der Waals surface area (Å²) < 4.78 is 23.4. The van der Waals surface area contributed by atoms with Gasteiger partial charge in [-0.15, -0.1) is 0 Å². The van der Waals surface area contributed by atoms with Crippen LogP contribution in [0.5, 0.6) is 0 Å². The Labute approximate surface area is 106 Å². The number of anilines is 2. The maximum Gasteiger partial charge on any atom is 0.176 e. The Morgan fingerprint density at radius 3 is 2.22 bits per heavy atom. The van der Waals surface area contributed by atoms with Crippen molar-refractivity contribution in [2.75, 3.05) is 17.7 Å². The van der Waals surface area contributed by atoms with E-state index in [0.29, 0.717) is 16.9 Å². The summed E-state index contributed by atoms with van der Waals surface area (Å²) in [5, 5.41) is 0. The van der Waals surface area contributed by atoms with Crippen molar-refractivity contribution in [1.29, 1.82) is 0 Å². The molecule has 94 valence electrons. The Kier molecular flexibility index (Phi) is 3.00. The smallest absolute Gasteiger partial charge is 0.176 e. The molecule has 0 bridgehead atoms. The molecule has 5 heteroatoms. The van der Waals surface area contributed by atoms with E-state index in [0.717, 1.165) is 5.56 Å². The van der Waals surface area contributed by atoms with Gasteiger partial charge in [-0.3, -0.25) is 0 Å². The van der Waals surface area contributed by atoms with Crippen LogP contribution >= 0.6 is 0 Å². The average Bonchev–Trinajstić information content (AvgIpc) is 2.32. The fraction of sp³-hybridized carbons (Fsp3) is 0.0769. The van der Waals surface area contributed by atoms with Crippen LogP contribution in [0.15, 0.2) is 47.4 Å². The van der Waals surface area contributed by atoms with Gasteiger partial charge in [-0.2, -0.15) is 0 Å². The molecular weight excluding hydrogens is 248 g/mol. The zero-order valence-corrected chi connectivity index (χ0v) is 10.7. The molecule has 0 aliphatic carbocycles. The number of nitrogen functional groups attached to an aromatic ring is 2. The summed E-state index contributed by atoms with van der Waals surface area (Å²) >= 11 is 0. The second kappa shape index (κ2) is 4.34. The summed E-state index contributed by atoms with van der Waals surface area (Å²) in [5.74, 6) is 0. The van der Waals surface area contributed by atoms with Gasteiger partial charge in [-0.1, -0.05) is 24.3 Å². The standard InChI is InChI=1S/C13H14N2O2S/c1-18(16,17)13-5-3-2-4-10(13)9-6-7-11(14)12(15)8-9/h2-8H,14-15H2,1H3. The lowest BCUT2D eigenvalue weighted by Gasteiger charge is -2.09. The summed E-state index contributed by atoms with van der Waals surface area (Å²) in [6, 6.07) is 11.9. The van der Waals surface area contributed by atoms with E-state index in [-0.39, 0.29) is 4.90 Å². The molecule has 0 saturated heterocycles. The first-order valence-corrected chi connectivity index (χ1v) is 7.23. The summed E-state index contributed by atoms with van der Waals surface area (Å²) in [4.78, 5) is 0.286. The molecule has 0 atom stereocenters. The summed E-state index contributed by atoms with van der Waals surface area (Å²) in [6.45, 7) is 0. The van der Waals surface area contributed by atoms with E-state index in [9.17, 15) is 8.42 Å². The molecule has 0 heterocycles. The molecule has 4 N–H and O–H groups in total. The van der Waals surface area contributed by atoms with Crippen molar-refractivity contribution < 1.29 is 8.42 Å². The minimum atomic E-state index is -3.28. The first kappa shape index (κ1) is 12.4. The topological polar surface area (TPSA) is 86.2 Å². The molecule has 0 fully saturated rings. The van der Waals surface area contributed by atoms with Crippen LogP contribution in [0.3, 0.4) is 0 Å². The van der Waals surface area contributed by atoms with E-state index < -0.39 is 9.84 Å². The highest BCUT2D eigenvalue weighted by molar-refractivity contribution is 7.90. The van der Waals surface area contributed by atoms with E-state index in [4.69, 9.17) is 11.5 Å². The molecule has 4 nitrogen and oxygen atoms in total. The van der Waals surface area contributed by atoms with Crippen molar-refractivity contribution in [3.05, 3.63) is 42.5 Å². The van der Waals surface area contributed by atoms with E-state index in [1.165, 1.54) is 6.26 Å². The number of hydrogen-bond donors (Lipinski definition) is 2. The molecular formula is C13H14N2O2S. The maximum atomic E-state index is 11.7. The highest BCUT2D eigenvalue weighted by atomic mass is 32.2. The molecule has 0 radical (unpaired) electrons. The third-order valence-corrected chi connectivity index (χ3v) is 3.84. The first-order chi connectivity index (χ1) is 8.39. The van der Waals surface area contributed by atoms with Crippen molar-refractivity contribution in [2.45, 2.75) is 4.90 Å². The van der Waals surface area contributed by atoms with Crippen molar-refractivity contribution in [3.8, 4) is 11.1 Å². The van der Waals surface area contributed by atoms with Crippen LogP contribution < -0.4 is 11.5 Å². The molecule has 0 saturated carbocycles. The molecule has 0 aliphatic heterocycles. The van der Waals surface area contributed by atoms with Crippen LogP contribution in [-0.4, -0.2) is 14.7 Å². The SMILES string of the molecule is CS(=O)(=O)c1ccccc1-c1ccc(N)c(N)c1. The van der Waals surface area contributed by atoms with Gasteiger partial charge in [0.05, 0.1) is 16.3 Å². The maximum absolute atomic E-state index is 11.7. The van der Waals surface area contributed by atoms with Gasteiger partial charge in [0, 0.05) is 11.8 Å². The van der Waals surface area contributed by atoms with Crippen molar-refractivity contribution in [1.82, 2.24) is 0 Å². The van der Waals surface area contributed by atoms with Gasteiger partial charge in [0.25, 0.3) is 0 Å². The number of rotatable bonds is 2. The number of benzene rings is 2. The van der Waals surface area contributed by atoms with Gasteiger partial charge in [-0.25, -0.2) is 8.42 Å². The highest BCUT2D eigenvalue weighted by Gasteiger charge is 2.14. The Balaban J connectivity index is 2.68. The molecule has 0 aliphatic rings. The Morgan fingerprint density at radius 1 is 0.944 bits per heavy atom. The van der Waals surface area contributed by atoms with Gasteiger partial charge < -0.3 is 11.5 Å². The number of nitrogens with two attached hydrogens (primary N) is 2. The zero-order valence-electron chi connectivity index (χ0n) is 9.92. The van der Waals surface area contributed by atoms with Gasteiger partial charge >= 0.3 is 0 Å². The van der Waals surface area contributed by atoms with Crippen LogP contribution in [0.4, 0.5) is 11.4 Å². The third-order valence-electron chi connectivity index (χ3n) is 2.68. The predicted molar refractivity (Wildman–Crippen MR) is 73.8 cm³/mol. The van der Waals surface area contributed by atoms with Gasteiger partial charge in [0.2, 0.25) is 0 Å². The molecule has 18 heavy (non-hydrogen) atoms. The molecule has 0 spiro atoms. The quantitative estimate of drug-likeness (QED) is 0.809. The molecule has 2 rings (SSSR count). The monoisotopic (exact) mass is 262 g/mol. The lowest BCUT2D eigenvalue weighted by molar-refractivity contribution is 0.602. The fourth-order valence-corrected chi connectivity index (χ4v) is 2.68. The molecule has 2 aromatic carbocycles. The van der Waals surface area contributed by atoms with Crippen LogP contribution in [-0.2, 0) is 9.84 Å². The number of sulfone groups is 1. The molecule has 0 amide bonds. The van der Waals surface area contributed by atoms with E-state index in [1.807, 2.05) is 0 Å². The number of hydrogen-bond acceptors (Lipinski definition) is 4. The lowest BCUT2D eigenvalue weighted by Crippen LogP contribution is -2.00. The zero-order chi connectivity index (χ0) is 13.3. The largest absolute Gasteiger partial charge is 0.397 e. The van der Waals surface area contributed by atoms with Crippen LogP contribution in [0, 0.1) is 0 Å².